The lowest BCUT2D eigenvalue weighted by atomic mass is 10.0. The zero-order chi connectivity index (χ0) is 21.7. The van der Waals surface area contributed by atoms with E-state index in [1.165, 1.54) is 12.1 Å². The van der Waals surface area contributed by atoms with Crippen LogP contribution in [0.4, 0.5) is 15.8 Å². The molecule has 11 heteroatoms. The number of non-ortho nitro benzene ring substituents is 2. The van der Waals surface area contributed by atoms with Crippen LogP contribution in [-0.4, -0.2) is 53.5 Å². The molecule has 2 aromatic carbocycles. The summed E-state index contributed by atoms with van der Waals surface area (Å²) in [6, 6.07) is 8.40. The number of carbonyl (C=O) groups excluding carboxylic acids is 1. The SMILES string of the molecule is O=C(NCC(c1ccc(F)cc1)N1CCOCC1)c1cc([N+](=O)[O-])cc([N+](=O)[O-])c1. The smallest absolute Gasteiger partial charge is 0.277 e. The van der Waals surface area contributed by atoms with Crippen molar-refractivity contribution in [3.8, 4) is 0 Å². The van der Waals surface area contributed by atoms with E-state index in [1.54, 1.807) is 12.1 Å². The molecule has 30 heavy (non-hydrogen) atoms. The molecule has 10 nitrogen and oxygen atoms in total. The van der Waals surface area contributed by atoms with Crippen LogP contribution < -0.4 is 5.32 Å². The molecule has 0 saturated carbocycles. The lowest BCUT2D eigenvalue weighted by molar-refractivity contribution is -0.394. The van der Waals surface area contributed by atoms with E-state index >= 15 is 0 Å². The highest BCUT2D eigenvalue weighted by Gasteiger charge is 2.25. The molecule has 0 radical (unpaired) electrons. The van der Waals surface area contributed by atoms with E-state index in [0.29, 0.717) is 26.3 Å². The van der Waals surface area contributed by atoms with E-state index < -0.39 is 27.1 Å². The summed E-state index contributed by atoms with van der Waals surface area (Å²) in [6.45, 7) is 2.38. The predicted molar refractivity (Wildman–Crippen MR) is 104 cm³/mol. The first-order valence-corrected chi connectivity index (χ1v) is 9.14. The Hall–Kier alpha value is -3.44. The summed E-state index contributed by atoms with van der Waals surface area (Å²) in [6.07, 6.45) is 0. The Labute approximate surface area is 170 Å². The van der Waals surface area contributed by atoms with Crippen molar-refractivity contribution in [3.05, 3.63) is 79.6 Å². The number of carbonyl (C=O) groups is 1. The highest BCUT2D eigenvalue weighted by Crippen LogP contribution is 2.24. The number of nitro groups is 2. The minimum absolute atomic E-state index is 0.126. The Morgan fingerprint density at radius 2 is 1.63 bits per heavy atom. The average Bonchev–Trinajstić information content (AvgIpc) is 2.75. The van der Waals surface area contributed by atoms with Crippen molar-refractivity contribution in [1.82, 2.24) is 10.2 Å². The molecule has 1 atom stereocenters. The number of nitrogens with one attached hydrogen (secondary N) is 1. The topological polar surface area (TPSA) is 128 Å². The van der Waals surface area contributed by atoms with Crippen molar-refractivity contribution in [2.24, 2.45) is 0 Å². The lowest BCUT2D eigenvalue weighted by Gasteiger charge is -2.35. The van der Waals surface area contributed by atoms with Gasteiger partial charge in [0.05, 0.1) is 40.7 Å². The third kappa shape index (κ3) is 5.13. The van der Waals surface area contributed by atoms with Crippen LogP contribution in [0.15, 0.2) is 42.5 Å². The van der Waals surface area contributed by atoms with E-state index in [1.807, 2.05) is 0 Å². The van der Waals surface area contributed by atoms with E-state index in [9.17, 15) is 29.4 Å². The molecular weight excluding hydrogens is 399 g/mol. The summed E-state index contributed by atoms with van der Waals surface area (Å²) < 4.78 is 18.7. The fourth-order valence-corrected chi connectivity index (χ4v) is 3.26. The van der Waals surface area contributed by atoms with Gasteiger partial charge >= 0.3 is 0 Å². The van der Waals surface area contributed by atoms with Crippen LogP contribution >= 0.6 is 0 Å². The Morgan fingerprint density at radius 3 is 2.17 bits per heavy atom. The molecule has 1 aliphatic rings. The molecule has 158 valence electrons. The molecule has 0 spiro atoms. The number of morpholine rings is 1. The van der Waals surface area contributed by atoms with Gasteiger partial charge < -0.3 is 10.1 Å². The molecule has 1 amide bonds. The number of hydrogen-bond donors (Lipinski definition) is 1. The van der Waals surface area contributed by atoms with Crippen molar-refractivity contribution in [3.63, 3.8) is 0 Å². The van der Waals surface area contributed by atoms with E-state index in [0.717, 1.165) is 23.8 Å². The van der Waals surface area contributed by atoms with E-state index in [-0.39, 0.29) is 24.0 Å². The summed E-state index contributed by atoms with van der Waals surface area (Å²) in [5.74, 6) is -1.06. The van der Waals surface area contributed by atoms with Gasteiger partial charge in [0.25, 0.3) is 17.3 Å². The molecule has 0 bridgehead atoms. The molecule has 3 rings (SSSR count). The van der Waals surface area contributed by atoms with Gasteiger partial charge in [0.2, 0.25) is 0 Å². The first kappa shape index (κ1) is 21.3. The van der Waals surface area contributed by atoms with Crippen molar-refractivity contribution >= 4 is 17.3 Å². The van der Waals surface area contributed by atoms with Gasteiger partial charge in [0.15, 0.2) is 0 Å². The third-order valence-corrected chi connectivity index (χ3v) is 4.78. The second kappa shape index (κ2) is 9.37. The van der Waals surface area contributed by atoms with Gasteiger partial charge in [-0.3, -0.25) is 29.9 Å². The number of hydrogen-bond acceptors (Lipinski definition) is 7. The highest BCUT2D eigenvalue weighted by atomic mass is 19.1. The summed E-state index contributed by atoms with van der Waals surface area (Å²) in [4.78, 5) is 35.2. The number of amides is 1. The van der Waals surface area contributed by atoms with Crippen LogP contribution in [0.2, 0.25) is 0 Å². The van der Waals surface area contributed by atoms with Crippen LogP contribution in [-0.2, 0) is 4.74 Å². The minimum atomic E-state index is -0.793. The maximum atomic E-state index is 13.3. The largest absolute Gasteiger partial charge is 0.379 e. The molecule has 2 aromatic rings. The normalized spacial score (nSPS) is 15.4. The van der Waals surface area contributed by atoms with Crippen LogP contribution in [0.1, 0.15) is 22.0 Å². The van der Waals surface area contributed by atoms with Gasteiger partial charge in [-0.1, -0.05) is 12.1 Å². The number of benzene rings is 2. The van der Waals surface area contributed by atoms with Gasteiger partial charge in [-0.2, -0.15) is 0 Å². The fraction of sp³-hybridized carbons (Fsp3) is 0.316. The number of nitro benzene ring substituents is 2. The molecule has 1 unspecified atom stereocenters. The van der Waals surface area contributed by atoms with Crippen molar-refractivity contribution in [1.29, 1.82) is 0 Å². The Bertz CT molecular complexity index is 914. The second-order valence-electron chi connectivity index (χ2n) is 6.68. The molecule has 1 fully saturated rings. The van der Waals surface area contributed by atoms with Gasteiger partial charge in [-0.15, -0.1) is 0 Å². The molecule has 0 aromatic heterocycles. The summed E-state index contributed by atoms with van der Waals surface area (Å²) in [5, 5.41) is 24.8. The molecule has 1 aliphatic heterocycles. The number of ether oxygens (including phenoxy) is 1. The van der Waals surface area contributed by atoms with Gasteiger partial charge in [0, 0.05) is 31.8 Å². The molecular formula is C19H19FN4O6. The van der Waals surface area contributed by atoms with Crippen LogP contribution in [0.3, 0.4) is 0 Å². The standard InChI is InChI=1S/C19H19FN4O6/c20-15-3-1-13(2-4-15)18(22-5-7-30-8-6-22)12-21-19(25)14-9-16(23(26)27)11-17(10-14)24(28)29/h1-4,9-11,18H,5-8,12H2,(H,21,25). The van der Waals surface area contributed by atoms with Crippen LogP contribution in [0.5, 0.6) is 0 Å². The fourth-order valence-electron chi connectivity index (χ4n) is 3.26. The Kier molecular flexibility index (Phi) is 6.65. The summed E-state index contributed by atoms with van der Waals surface area (Å²) in [5.41, 5.74) is -0.491. The monoisotopic (exact) mass is 418 g/mol. The van der Waals surface area contributed by atoms with Gasteiger partial charge in [-0.05, 0) is 17.7 Å². The maximum Gasteiger partial charge on any atom is 0.277 e. The number of halogens is 1. The highest BCUT2D eigenvalue weighted by molar-refractivity contribution is 5.95. The van der Waals surface area contributed by atoms with Crippen LogP contribution in [0, 0.1) is 26.0 Å². The van der Waals surface area contributed by atoms with Gasteiger partial charge in [0.1, 0.15) is 5.82 Å². The van der Waals surface area contributed by atoms with Crippen molar-refractivity contribution < 1.29 is 23.8 Å². The third-order valence-electron chi connectivity index (χ3n) is 4.78. The number of nitrogens with zero attached hydrogens (tertiary/aromatic N) is 3. The Morgan fingerprint density at radius 1 is 1.07 bits per heavy atom. The molecule has 1 N–H and O–H groups in total. The Balaban J connectivity index is 1.81. The summed E-state index contributed by atoms with van der Waals surface area (Å²) >= 11 is 0. The van der Waals surface area contributed by atoms with Crippen molar-refractivity contribution in [2.75, 3.05) is 32.8 Å². The average molecular weight is 418 g/mol. The second-order valence-corrected chi connectivity index (χ2v) is 6.68. The zero-order valence-corrected chi connectivity index (χ0v) is 15.8. The van der Waals surface area contributed by atoms with Crippen molar-refractivity contribution in [2.45, 2.75) is 6.04 Å². The molecule has 0 aliphatic carbocycles. The van der Waals surface area contributed by atoms with E-state index in [4.69, 9.17) is 4.74 Å². The summed E-state index contributed by atoms with van der Waals surface area (Å²) in [7, 11) is 0. The minimum Gasteiger partial charge on any atom is -0.379 e. The lowest BCUT2D eigenvalue weighted by Crippen LogP contribution is -2.43. The first-order valence-electron chi connectivity index (χ1n) is 9.14. The van der Waals surface area contributed by atoms with E-state index in [2.05, 4.69) is 10.2 Å². The first-order chi connectivity index (χ1) is 14.3. The maximum absolute atomic E-state index is 13.3. The quantitative estimate of drug-likeness (QED) is 0.540. The molecule has 1 saturated heterocycles. The van der Waals surface area contributed by atoms with Crippen LogP contribution in [0.25, 0.3) is 0 Å². The predicted octanol–water partition coefficient (Wildman–Crippen LogP) is 2.45. The number of rotatable bonds is 7. The molecule has 1 heterocycles. The van der Waals surface area contributed by atoms with Gasteiger partial charge in [-0.25, -0.2) is 4.39 Å². The zero-order valence-electron chi connectivity index (χ0n) is 15.8.